The molecule has 1 amide bonds. The number of pyridine rings is 1. The lowest BCUT2D eigenvalue weighted by Gasteiger charge is -2.39. The van der Waals surface area contributed by atoms with Crippen molar-refractivity contribution >= 4 is 17.4 Å². The third-order valence-corrected chi connectivity index (χ3v) is 4.81. The lowest BCUT2D eigenvalue weighted by molar-refractivity contribution is -0.119. The average molecular weight is 318 g/mol. The topological polar surface area (TPSA) is 57.7 Å². The minimum absolute atomic E-state index is 0.0476. The van der Waals surface area contributed by atoms with Gasteiger partial charge in [-0.15, -0.1) is 0 Å². The van der Waals surface area contributed by atoms with Crippen molar-refractivity contribution in [2.24, 2.45) is 0 Å². The van der Waals surface area contributed by atoms with Crippen molar-refractivity contribution in [3.8, 4) is 0 Å². The largest absolute Gasteiger partial charge is 0.375 e. The summed E-state index contributed by atoms with van der Waals surface area (Å²) in [5.74, 6) is 0.408. The second-order valence-electron chi connectivity index (χ2n) is 6.34. The van der Waals surface area contributed by atoms with Crippen LogP contribution in [-0.4, -0.2) is 61.7 Å². The van der Waals surface area contributed by atoms with Crippen LogP contribution in [0.2, 0.25) is 0 Å². The van der Waals surface area contributed by atoms with Gasteiger partial charge >= 0.3 is 0 Å². The molecule has 126 valence electrons. The monoisotopic (exact) mass is 318 g/mol. The van der Waals surface area contributed by atoms with E-state index in [1.54, 1.807) is 6.20 Å². The van der Waals surface area contributed by atoms with Gasteiger partial charge < -0.3 is 15.0 Å². The summed E-state index contributed by atoms with van der Waals surface area (Å²) in [6.45, 7) is 4.36. The van der Waals surface area contributed by atoms with Crippen LogP contribution in [0.1, 0.15) is 25.7 Å². The number of aromatic nitrogens is 1. The first kappa shape index (κ1) is 16.2. The Bertz CT molecular complexity index is 523. The number of carbonyl (C=O) groups is 1. The Kier molecular flexibility index (Phi) is 5.46. The molecule has 0 spiro atoms. The molecule has 1 aliphatic carbocycles. The molecule has 0 atom stereocenters. The fraction of sp³-hybridized carbons (Fsp3) is 0.647. The van der Waals surface area contributed by atoms with Gasteiger partial charge in [-0.05, 0) is 18.9 Å². The molecule has 3 rings (SSSR count). The molecule has 1 aromatic rings. The first-order valence-electron chi connectivity index (χ1n) is 8.50. The quantitative estimate of drug-likeness (QED) is 0.896. The standard InChI is InChI=1S/C17H26N4O2/c1-23-13-17(22)19-16-12-15(6-7-18-16)21-10-8-20(9-11-21)14-4-2-3-5-14/h6-7,12,14H,2-5,8-11,13H2,1H3,(H,18,19,22). The van der Waals surface area contributed by atoms with E-state index in [9.17, 15) is 4.79 Å². The van der Waals surface area contributed by atoms with Crippen molar-refractivity contribution in [1.82, 2.24) is 9.88 Å². The zero-order valence-electron chi connectivity index (χ0n) is 13.8. The summed E-state index contributed by atoms with van der Waals surface area (Å²) in [6, 6.07) is 4.76. The molecule has 6 nitrogen and oxygen atoms in total. The van der Waals surface area contributed by atoms with Crippen LogP contribution in [0.5, 0.6) is 0 Å². The minimum Gasteiger partial charge on any atom is -0.375 e. The number of hydrogen-bond acceptors (Lipinski definition) is 5. The summed E-state index contributed by atoms with van der Waals surface area (Å²) in [5.41, 5.74) is 1.12. The molecule has 1 aliphatic heterocycles. The van der Waals surface area contributed by atoms with Gasteiger partial charge in [0.2, 0.25) is 0 Å². The molecule has 1 saturated carbocycles. The number of rotatable bonds is 5. The van der Waals surface area contributed by atoms with E-state index in [0.717, 1.165) is 37.9 Å². The van der Waals surface area contributed by atoms with Crippen LogP contribution in [0.15, 0.2) is 18.3 Å². The molecule has 2 heterocycles. The Labute approximate surface area is 137 Å². The van der Waals surface area contributed by atoms with Gasteiger partial charge in [0, 0.05) is 57.3 Å². The fourth-order valence-electron chi connectivity index (χ4n) is 3.61. The Morgan fingerprint density at radius 3 is 2.74 bits per heavy atom. The molecule has 1 N–H and O–H groups in total. The molecular weight excluding hydrogens is 292 g/mol. The summed E-state index contributed by atoms with van der Waals surface area (Å²) in [6.07, 6.45) is 7.26. The van der Waals surface area contributed by atoms with E-state index in [0.29, 0.717) is 5.82 Å². The molecule has 6 heteroatoms. The van der Waals surface area contributed by atoms with Crippen molar-refractivity contribution in [2.45, 2.75) is 31.7 Å². The van der Waals surface area contributed by atoms with Crippen LogP contribution in [0, 0.1) is 0 Å². The van der Waals surface area contributed by atoms with Crippen LogP contribution < -0.4 is 10.2 Å². The van der Waals surface area contributed by atoms with Gasteiger partial charge in [0.05, 0.1) is 0 Å². The van der Waals surface area contributed by atoms with Crippen molar-refractivity contribution in [3.63, 3.8) is 0 Å². The van der Waals surface area contributed by atoms with Gasteiger partial charge in [-0.1, -0.05) is 12.8 Å². The lowest BCUT2D eigenvalue weighted by Crippen LogP contribution is -2.49. The number of ether oxygens (including phenoxy) is 1. The zero-order valence-corrected chi connectivity index (χ0v) is 13.8. The maximum absolute atomic E-state index is 11.6. The first-order valence-corrected chi connectivity index (χ1v) is 8.50. The molecule has 1 saturated heterocycles. The SMILES string of the molecule is COCC(=O)Nc1cc(N2CCN(C3CCCC3)CC2)ccn1. The third kappa shape index (κ3) is 4.20. The molecule has 0 unspecified atom stereocenters. The smallest absolute Gasteiger partial charge is 0.251 e. The summed E-state index contributed by atoms with van der Waals surface area (Å²) in [7, 11) is 1.51. The van der Waals surface area contributed by atoms with E-state index < -0.39 is 0 Å². The van der Waals surface area contributed by atoms with E-state index in [2.05, 4.69) is 20.1 Å². The Balaban J connectivity index is 1.56. The van der Waals surface area contributed by atoms with Crippen LogP contribution in [-0.2, 0) is 9.53 Å². The maximum atomic E-state index is 11.6. The molecule has 0 bridgehead atoms. The molecule has 2 aliphatic rings. The normalized spacial score (nSPS) is 20.0. The highest BCUT2D eigenvalue weighted by Crippen LogP contribution is 2.26. The van der Waals surface area contributed by atoms with Gasteiger partial charge in [-0.2, -0.15) is 0 Å². The molecule has 2 fully saturated rings. The van der Waals surface area contributed by atoms with E-state index in [1.807, 2.05) is 12.1 Å². The first-order chi connectivity index (χ1) is 11.3. The average Bonchev–Trinajstić information content (AvgIpc) is 3.10. The number of nitrogens with one attached hydrogen (secondary N) is 1. The number of carbonyl (C=O) groups excluding carboxylic acids is 1. The van der Waals surface area contributed by atoms with Gasteiger partial charge in [0.1, 0.15) is 12.4 Å². The number of methoxy groups -OCH3 is 1. The van der Waals surface area contributed by atoms with Gasteiger partial charge in [0.25, 0.3) is 5.91 Å². The Hall–Kier alpha value is -1.66. The van der Waals surface area contributed by atoms with Crippen LogP contribution in [0.4, 0.5) is 11.5 Å². The van der Waals surface area contributed by atoms with Gasteiger partial charge in [-0.3, -0.25) is 9.69 Å². The predicted molar refractivity (Wildman–Crippen MR) is 90.8 cm³/mol. The highest BCUT2D eigenvalue weighted by atomic mass is 16.5. The Morgan fingerprint density at radius 1 is 1.30 bits per heavy atom. The van der Waals surface area contributed by atoms with E-state index in [-0.39, 0.29) is 12.5 Å². The molecule has 0 radical (unpaired) electrons. The molecule has 23 heavy (non-hydrogen) atoms. The molecule has 0 aromatic carbocycles. The highest BCUT2D eigenvalue weighted by molar-refractivity contribution is 5.91. The fourth-order valence-corrected chi connectivity index (χ4v) is 3.61. The summed E-state index contributed by atoms with van der Waals surface area (Å²) in [4.78, 5) is 20.8. The summed E-state index contributed by atoms with van der Waals surface area (Å²) >= 11 is 0. The number of hydrogen-bond donors (Lipinski definition) is 1. The second kappa shape index (κ2) is 7.75. The number of amides is 1. The molecular formula is C17H26N4O2. The van der Waals surface area contributed by atoms with Gasteiger partial charge in [-0.25, -0.2) is 4.98 Å². The van der Waals surface area contributed by atoms with Crippen LogP contribution in [0.25, 0.3) is 0 Å². The highest BCUT2D eigenvalue weighted by Gasteiger charge is 2.26. The number of piperazine rings is 1. The van der Waals surface area contributed by atoms with Gasteiger partial charge in [0.15, 0.2) is 0 Å². The lowest BCUT2D eigenvalue weighted by atomic mass is 10.1. The maximum Gasteiger partial charge on any atom is 0.251 e. The van der Waals surface area contributed by atoms with E-state index >= 15 is 0 Å². The van der Waals surface area contributed by atoms with Crippen molar-refractivity contribution in [2.75, 3.05) is 50.1 Å². The number of nitrogens with zero attached hydrogens (tertiary/aromatic N) is 3. The Morgan fingerprint density at radius 2 is 2.04 bits per heavy atom. The summed E-state index contributed by atoms with van der Waals surface area (Å²) in [5, 5.41) is 2.76. The minimum atomic E-state index is -0.178. The van der Waals surface area contributed by atoms with E-state index in [4.69, 9.17) is 4.74 Å². The van der Waals surface area contributed by atoms with Crippen molar-refractivity contribution < 1.29 is 9.53 Å². The molecule has 1 aromatic heterocycles. The summed E-state index contributed by atoms with van der Waals surface area (Å²) < 4.78 is 4.83. The van der Waals surface area contributed by atoms with Crippen molar-refractivity contribution in [1.29, 1.82) is 0 Å². The zero-order chi connectivity index (χ0) is 16.1. The second-order valence-corrected chi connectivity index (χ2v) is 6.34. The third-order valence-electron chi connectivity index (χ3n) is 4.81. The van der Waals surface area contributed by atoms with Crippen LogP contribution in [0.3, 0.4) is 0 Å². The van der Waals surface area contributed by atoms with Crippen molar-refractivity contribution in [3.05, 3.63) is 18.3 Å². The van der Waals surface area contributed by atoms with E-state index in [1.165, 1.54) is 32.8 Å². The number of anilines is 2. The predicted octanol–water partition coefficient (Wildman–Crippen LogP) is 1.73. The van der Waals surface area contributed by atoms with Crippen LogP contribution >= 0.6 is 0 Å².